The maximum atomic E-state index is 10.2. The van der Waals surface area contributed by atoms with E-state index in [4.69, 9.17) is 11.6 Å². The molecule has 0 aliphatic rings. The average Bonchev–Trinajstić information content (AvgIpc) is 2.33. The summed E-state index contributed by atoms with van der Waals surface area (Å²) in [5.41, 5.74) is 0.793. The Morgan fingerprint density at radius 1 is 1.31 bits per heavy atom. The van der Waals surface area contributed by atoms with Crippen molar-refractivity contribution in [1.29, 1.82) is 0 Å². The van der Waals surface area contributed by atoms with Crippen molar-refractivity contribution >= 4 is 28.7 Å². The van der Waals surface area contributed by atoms with Crippen molar-refractivity contribution in [1.82, 2.24) is 4.98 Å². The molecule has 0 saturated carbocycles. The minimum Gasteiger partial charge on any atom is -0.302 e. The van der Waals surface area contributed by atoms with E-state index in [1.54, 1.807) is 6.20 Å². The minimum absolute atomic E-state index is 0.233. The molecule has 0 radical (unpaired) electrons. The first kappa shape index (κ1) is 10.7. The largest absolute Gasteiger partial charge is 0.302 e. The van der Waals surface area contributed by atoms with E-state index in [9.17, 15) is 4.79 Å². The highest BCUT2D eigenvalue weighted by molar-refractivity contribution is 6.34. The molecule has 2 aromatic rings. The lowest BCUT2D eigenvalue weighted by atomic mass is 10.1. The summed E-state index contributed by atoms with van der Waals surface area (Å²) in [6.45, 7) is 0. The number of carbonyl (C=O) groups excluding carboxylic acids is 1. The third-order valence-electron chi connectivity index (χ3n) is 2.15. The second-order valence-corrected chi connectivity index (χ2v) is 3.54. The van der Waals surface area contributed by atoms with Crippen LogP contribution in [0.1, 0.15) is 12.0 Å². The van der Waals surface area contributed by atoms with Crippen molar-refractivity contribution in [3.8, 4) is 11.8 Å². The fourth-order valence-corrected chi connectivity index (χ4v) is 1.66. The van der Waals surface area contributed by atoms with E-state index in [1.165, 1.54) is 0 Å². The van der Waals surface area contributed by atoms with Crippen molar-refractivity contribution in [2.45, 2.75) is 6.42 Å². The van der Waals surface area contributed by atoms with Gasteiger partial charge in [-0.2, -0.15) is 0 Å². The summed E-state index contributed by atoms with van der Waals surface area (Å²) in [6, 6.07) is 7.66. The van der Waals surface area contributed by atoms with Crippen molar-refractivity contribution in [2.24, 2.45) is 0 Å². The summed E-state index contributed by atoms with van der Waals surface area (Å²) in [7, 11) is 0. The number of aromatic nitrogens is 1. The highest BCUT2D eigenvalue weighted by Gasteiger charge is 2.02. The predicted octanol–water partition coefficient (Wildman–Crippen LogP) is 2.83. The molecule has 0 fully saturated rings. The molecule has 16 heavy (non-hydrogen) atoms. The Labute approximate surface area is 98.3 Å². The van der Waals surface area contributed by atoms with Gasteiger partial charge in [-0.25, -0.2) is 4.98 Å². The predicted molar refractivity (Wildman–Crippen MR) is 64.3 cm³/mol. The molecular formula is C13H8ClNO. The second-order valence-electron chi connectivity index (χ2n) is 3.18. The zero-order valence-corrected chi connectivity index (χ0v) is 9.16. The molecule has 0 aliphatic heterocycles. The zero-order valence-electron chi connectivity index (χ0n) is 8.40. The van der Waals surface area contributed by atoms with E-state index < -0.39 is 0 Å². The standard InChI is InChI=1S/C13H8ClNO/c14-13-12-7-2-1-6-11(12)10(9-15-13)5-3-4-8-16/h1-2,6-9H,4H2. The molecule has 0 N–H and O–H groups in total. The number of fused-ring (bicyclic) bond motifs is 1. The topological polar surface area (TPSA) is 30.0 Å². The molecule has 1 aromatic carbocycles. The monoisotopic (exact) mass is 229 g/mol. The lowest BCUT2D eigenvalue weighted by molar-refractivity contribution is -0.107. The molecule has 0 unspecified atom stereocenters. The summed E-state index contributed by atoms with van der Waals surface area (Å²) < 4.78 is 0. The first-order valence-electron chi connectivity index (χ1n) is 4.78. The van der Waals surface area contributed by atoms with Gasteiger partial charge in [-0.05, 0) is 0 Å². The van der Waals surface area contributed by atoms with Gasteiger partial charge in [0.25, 0.3) is 0 Å². The minimum atomic E-state index is 0.233. The van der Waals surface area contributed by atoms with E-state index in [-0.39, 0.29) is 6.42 Å². The molecule has 1 aromatic heterocycles. The summed E-state index contributed by atoms with van der Waals surface area (Å²) >= 11 is 5.97. The number of pyridine rings is 1. The normalized spacial score (nSPS) is 9.56. The van der Waals surface area contributed by atoms with Crippen LogP contribution in [0.2, 0.25) is 5.15 Å². The van der Waals surface area contributed by atoms with Crippen LogP contribution >= 0.6 is 11.6 Å². The van der Waals surface area contributed by atoms with Gasteiger partial charge < -0.3 is 4.79 Å². The first-order chi connectivity index (χ1) is 7.83. The number of nitrogens with zero attached hydrogens (tertiary/aromatic N) is 1. The third kappa shape index (κ3) is 2.05. The summed E-state index contributed by atoms with van der Waals surface area (Å²) in [5, 5.41) is 2.31. The van der Waals surface area contributed by atoms with Gasteiger partial charge in [0.2, 0.25) is 0 Å². The maximum Gasteiger partial charge on any atom is 0.136 e. The van der Waals surface area contributed by atoms with Gasteiger partial charge in [0.1, 0.15) is 11.4 Å². The third-order valence-corrected chi connectivity index (χ3v) is 2.46. The average molecular weight is 230 g/mol. The van der Waals surface area contributed by atoms with Gasteiger partial charge in [0, 0.05) is 17.0 Å². The molecular weight excluding hydrogens is 222 g/mol. The Hall–Kier alpha value is -1.85. The van der Waals surface area contributed by atoms with Crippen LogP contribution in [-0.2, 0) is 4.79 Å². The van der Waals surface area contributed by atoms with E-state index in [2.05, 4.69) is 16.8 Å². The van der Waals surface area contributed by atoms with Crippen LogP contribution in [0.15, 0.2) is 30.5 Å². The molecule has 0 amide bonds. The van der Waals surface area contributed by atoms with Gasteiger partial charge in [-0.1, -0.05) is 47.7 Å². The van der Waals surface area contributed by atoms with Crippen LogP contribution in [0, 0.1) is 11.8 Å². The molecule has 2 rings (SSSR count). The van der Waals surface area contributed by atoms with E-state index in [0.717, 1.165) is 22.6 Å². The van der Waals surface area contributed by atoms with Crippen LogP contribution in [0.3, 0.4) is 0 Å². The van der Waals surface area contributed by atoms with Crippen LogP contribution in [0.4, 0.5) is 0 Å². The molecule has 0 aliphatic carbocycles. The number of halogens is 1. The number of rotatable bonds is 1. The molecule has 2 nitrogen and oxygen atoms in total. The van der Waals surface area contributed by atoms with Gasteiger partial charge >= 0.3 is 0 Å². The van der Waals surface area contributed by atoms with Crippen LogP contribution in [0.25, 0.3) is 10.8 Å². The molecule has 78 valence electrons. The molecule has 0 atom stereocenters. The van der Waals surface area contributed by atoms with Gasteiger partial charge in [-0.3, -0.25) is 0 Å². The van der Waals surface area contributed by atoms with E-state index in [1.807, 2.05) is 24.3 Å². The van der Waals surface area contributed by atoms with Gasteiger partial charge in [0.05, 0.1) is 12.0 Å². The number of hydrogen-bond acceptors (Lipinski definition) is 2. The molecule has 0 saturated heterocycles. The van der Waals surface area contributed by atoms with Gasteiger partial charge in [0.15, 0.2) is 0 Å². The molecule has 3 heteroatoms. The van der Waals surface area contributed by atoms with Gasteiger partial charge in [-0.15, -0.1) is 0 Å². The number of hydrogen-bond donors (Lipinski definition) is 0. The first-order valence-corrected chi connectivity index (χ1v) is 5.16. The Bertz CT molecular complexity index is 596. The Balaban J connectivity index is 2.60. The fraction of sp³-hybridized carbons (Fsp3) is 0.0769. The van der Waals surface area contributed by atoms with E-state index >= 15 is 0 Å². The highest BCUT2D eigenvalue weighted by atomic mass is 35.5. The Morgan fingerprint density at radius 3 is 2.81 bits per heavy atom. The van der Waals surface area contributed by atoms with E-state index in [0.29, 0.717) is 5.15 Å². The summed E-state index contributed by atoms with van der Waals surface area (Å²) in [6.07, 6.45) is 2.64. The van der Waals surface area contributed by atoms with Crippen molar-refractivity contribution in [3.05, 3.63) is 41.2 Å². The maximum absolute atomic E-state index is 10.2. The molecule has 1 heterocycles. The van der Waals surface area contributed by atoms with Crippen molar-refractivity contribution in [3.63, 3.8) is 0 Å². The fourth-order valence-electron chi connectivity index (χ4n) is 1.45. The SMILES string of the molecule is O=CCC#Cc1cnc(Cl)c2ccccc12. The van der Waals surface area contributed by atoms with Crippen molar-refractivity contribution < 1.29 is 4.79 Å². The highest BCUT2D eigenvalue weighted by Crippen LogP contribution is 2.23. The number of benzene rings is 1. The Morgan fingerprint density at radius 2 is 2.06 bits per heavy atom. The Kier molecular flexibility index (Phi) is 3.19. The smallest absolute Gasteiger partial charge is 0.136 e. The molecule has 0 bridgehead atoms. The quantitative estimate of drug-likeness (QED) is 0.428. The summed E-state index contributed by atoms with van der Waals surface area (Å²) in [5.74, 6) is 5.68. The zero-order chi connectivity index (χ0) is 11.4. The lowest BCUT2D eigenvalue weighted by Gasteiger charge is -2.01. The molecule has 0 spiro atoms. The van der Waals surface area contributed by atoms with Crippen LogP contribution < -0.4 is 0 Å². The summed E-state index contributed by atoms with van der Waals surface area (Å²) in [4.78, 5) is 14.2. The van der Waals surface area contributed by atoms with Crippen LogP contribution in [0.5, 0.6) is 0 Å². The van der Waals surface area contributed by atoms with Crippen molar-refractivity contribution in [2.75, 3.05) is 0 Å². The number of carbonyl (C=O) groups is 1. The number of aldehydes is 1. The second kappa shape index (κ2) is 4.78. The lowest BCUT2D eigenvalue weighted by Crippen LogP contribution is -1.84. The van der Waals surface area contributed by atoms with Crippen LogP contribution in [-0.4, -0.2) is 11.3 Å².